The van der Waals surface area contributed by atoms with E-state index >= 15 is 0 Å². The molecule has 0 atom stereocenters. The highest BCUT2D eigenvalue weighted by atomic mass is 79.9. The molecule has 0 bridgehead atoms. The molecule has 3 rings (SSSR count). The van der Waals surface area contributed by atoms with E-state index in [4.69, 9.17) is 21.9 Å². The van der Waals surface area contributed by atoms with Gasteiger partial charge in [0.1, 0.15) is 5.69 Å². The number of hydrogen-bond donors (Lipinski definition) is 1. The average molecular weight is 364 g/mol. The van der Waals surface area contributed by atoms with Gasteiger partial charge in [-0.05, 0) is 36.2 Å². The van der Waals surface area contributed by atoms with Crippen molar-refractivity contribution >= 4 is 33.4 Å². The van der Waals surface area contributed by atoms with Crippen molar-refractivity contribution in [2.75, 3.05) is 5.73 Å². The van der Waals surface area contributed by atoms with Gasteiger partial charge in [-0.2, -0.15) is 0 Å². The molecule has 1 aromatic heterocycles. The molecule has 21 heavy (non-hydrogen) atoms. The van der Waals surface area contributed by atoms with Crippen LogP contribution < -0.4 is 5.73 Å². The largest absolute Gasteiger partial charge is 0.367 e. The predicted molar refractivity (Wildman–Crippen MR) is 89.2 cm³/mol. The predicted octanol–water partition coefficient (Wildman–Crippen LogP) is 5.32. The Hall–Kier alpha value is -1.78. The van der Waals surface area contributed by atoms with E-state index in [0.29, 0.717) is 16.6 Å². The highest BCUT2D eigenvalue weighted by Gasteiger charge is 2.17. The Balaban J connectivity index is 2.16. The van der Waals surface area contributed by atoms with Crippen LogP contribution >= 0.6 is 27.5 Å². The van der Waals surface area contributed by atoms with Crippen molar-refractivity contribution in [2.45, 2.75) is 6.92 Å². The van der Waals surface area contributed by atoms with Crippen molar-refractivity contribution in [3.8, 4) is 22.4 Å². The van der Waals surface area contributed by atoms with Crippen LogP contribution in [-0.2, 0) is 0 Å². The summed E-state index contributed by atoms with van der Waals surface area (Å²) in [7, 11) is 0. The molecule has 5 heteroatoms. The smallest absolute Gasteiger partial charge is 0.230 e. The molecule has 0 unspecified atom stereocenters. The molecule has 0 aliphatic heterocycles. The molecule has 0 aliphatic carbocycles. The number of aryl methyl sites for hydroxylation is 1. The fourth-order valence-corrected chi connectivity index (χ4v) is 2.58. The van der Waals surface area contributed by atoms with Crippen LogP contribution in [0.1, 0.15) is 5.56 Å². The summed E-state index contributed by atoms with van der Waals surface area (Å²) >= 11 is 9.61. The molecule has 1 heterocycles. The fraction of sp³-hybridized carbons (Fsp3) is 0.0625. The SMILES string of the molecule is Cc1ccc(-c2noc(N)c2-c2ccc(Br)cc2)cc1Cl. The minimum Gasteiger partial charge on any atom is -0.367 e. The van der Waals surface area contributed by atoms with Gasteiger partial charge in [-0.3, -0.25) is 0 Å². The average Bonchev–Trinajstić information content (AvgIpc) is 2.85. The minimum atomic E-state index is 0.295. The second-order valence-electron chi connectivity index (χ2n) is 4.74. The topological polar surface area (TPSA) is 52.0 Å². The number of rotatable bonds is 2. The first-order valence-electron chi connectivity index (χ1n) is 6.34. The minimum absolute atomic E-state index is 0.295. The normalized spacial score (nSPS) is 10.8. The highest BCUT2D eigenvalue weighted by Crippen LogP contribution is 2.37. The molecule has 0 aliphatic rings. The summed E-state index contributed by atoms with van der Waals surface area (Å²) in [5.41, 5.74) is 10.3. The summed E-state index contributed by atoms with van der Waals surface area (Å²) in [5, 5.41) is 4.78. The lowest BCUT2D eigenvalue weighted by molar-refractivity contribution is 0.439. The van der Waals surface area contributed by atoms with Crippen molar-refractivity contribution in [3.05, 3.63) is 57.5 Å². The van der Waals surface area contributed by atoms with Crippen molar-refractivity contribution in [1.29, 1.82) is 0 Å². The van der Waals surface area contributed by atoms with E-state index in [1.807, 2.05) is 49.4 Å². The number of anilines is 1. The molecule has 2 aromatic carbocycles. The standard InChI is InChI=1S/C16H12BrClN2O/c1-9-2-3-11(8-13(9)18)15-14(16(19)21-20-15)10-4-6-12(17)7-5-10/h2-8H,19H2,1H3. The van der Waals surface area contributed by atoms with Crippen LogP contribution in [0, 0.1) is 6.92 Å². The van der Waals surface area contributed by atoms with E-state index < -0.39 is 0 Å². The quantitative estimate of drug-likeness (QED) is 0.671. The number of nitrogens with zero attached hydrogens (tertiary/aromatic N) is 1. The maximum Gasteiger partial charge on any atom is 0.230 e. The third-order valence-corrected chi connectivity index (χ3v) is 4.23. The summed E-state index contributed by atoms with van der Waals surface area (Å²) in [6, 6.07) is 13.6. The first kappa shape index (κ1) is 14.2. The first-order chi connectivity index (χ1) is 10.1. The lowest BCUT2D eigenvalue weighted by atomic mass is 10.0. The molecule has 0 amide bonds. The van der Waals surface area contributed by atoms with E-state index in [2.05, 4.69) is 21.1 Å². The third-order valence-electron chi connectivity index (χ3n) is 3.30. The van der Waals surface area contributed by atoms with Crippen LogP contribution in [0.3, 0.4) is 0 Å². The summed E-state index contributed by atoms with van der Waals surface area (Å²) in [4.78, 5) is 0. The zero-order chi connectivity index (χ0) is 15.0. The summed E-state index contributed by atoms with van der Waals surface area (Å²) in [6.07, 6.45) is 0. The number of nitrogens with two attached hydrogens (primary N) is 1. The molecule has 2 N–H and O–H groups in total. The lowest BCUT2D eigenvalue weighted by Gasteiger charge is -2.05. The van der Waals surface area contributed by atoms with Gasteiger partial charge in [0.05, 0.1) is 5.56 Å². The van der Waals surface area contributed by atoms with Crippen LogP contribution in [0.25, 0.3) is 22.4 Å². The maximum atomic E-state index is 6.19. The van der Waals surface area contributed by atoms with Crippen molar-refractivity contribution in [1.82, 2.24) is 5.16 Å². The van der Waals surface area contributed by atoms with Crippen LogP contribution in [0.2, 0.25) is 5.02 Å². The van der Waals surface area contributed by atoms with E-state index in [9.17, 15) is 0 Å². The van der Waals surface area contributed by atoms with Gasteiger partial charge in [0.15, 0.2) is 0 Å². The number of hydrogen-bond acceptors (Lipinski definition) is 3. The van der Waals surface area contributed by atoms with E-state index in [1.54, 1.807) is 0 Å². The van der Waals surface area contributed by atoms with Gasteiger partial charge in [-0.15, -0.1) is 0 Å². The molecule has 3 aromatic rings. The Morgan fingerprint density at radius 1 is 1.10 bits per heavy atom. The van der Waals surface area contributed by atoms with Gasteiger partial charge < -0.3 is 10.3 Å². The Bertz CT molecular complexity index is 797. The van der Waals surface area contributed by atoms with Crippen molar-refractivity contribution in [2.24, 2.45) is 0 Å². The van der Waals surface area contributed by atoms with Crippen LogP contribution in [0.5, 0.6) is 0 Å². The number of nitrogen functional groups attached to an aromatic ring is 1. The second-order valence-corrected chi connectivity index (χ2v) is 6.06. The maximum absolute atomic E-state index is 6.19. The summed E-state index contributed by atoms with van der Waals surface area (Å²) < 4.78 is 6.18. The fourth-order valence-electron chi connectivity index (χ4n) is 2.14. The molecular formula is C16H12BrClN2O. The zero-order valence-electron chi connectivity index (χ0n) is 11.2. The Kier molecular flexibility index (Phi) is 3.74. The van der Waals surface area contributed by atoms with Gasteiger partial charge >= 0.3 is 0 Å². The van der Waals surface area contributed by atoms with E-state index in [-0.39, 0.29) is 0 Å². The second kappa shape index (κ2) is 5.54. The van der Waals surface area contributed by atoms with Gasteiger partial charge in [0.25, 0.3) is 0 Å². The number of halogens is 2. The molecule has 0 spiro atoms. The highest BCUT2D eigenvalue weighted by molar-refractivity contribution is 9.10. The van der Waals surface area contributed by atoms with Gasteiger partial charge in [-0.25, -0.2) is 0 Å². The van der Waals surface area contributed by atoms with Crippen LogP contribution in [-0.4, -0.2) is 5.16 Å². The van der Waals surface area contributed by atoms with E-state index in [1.165, 1.54) is 0 Å². The molecule has 0 saturated carbocycles. The summed E-state index contributed by atoms with van der Waals surface area (Å²) in [5.74, 6) is 0.295. The number of aromatic nitrogens is 1. The van der Waals surface area contributed by atoms with Crippen LogP contribution in [0.15, 0.2) is 51.5 Å². The first-order valence-corrected chi connectivity index (χ1v) is 7.51. The van der Waals surface area contributed by atoms with E-state index in [0.717, 1.165) is 26.7 Å². The van der Waals surface area contributed by atoms with Crippen molar-refractivity contribution < 1.29 is 4.52 Å². The molecular weight excluding hydrogens is 352 g/mol. The van der Waals surface area contributed by atoms with Gasteiger partial charge in [-0.1, -0.05) is 57.0 Å². The lowest BCUT2D eigenvalue weighted by Crippen LogP contribution is -1.88. The Morgan fingerprint density at radius 2 is 1.76 bits per heavy atom. The van der Waals surface area contributed by atoms with Crippen molar-refractivity contribution in [3.63, 3.8) is 0 Å². The number of benzene rings is 2. The van der Waals surface area contributed by atoms with Crippen LogP contribution in [0.4, 0.5) is 5.88 Å². The third kappa shape index (κ3) is 2.69. The molecule has 0 fully saturated rings. The molecule has 0 saturated heterocycles. The molecule has 3 nitrogen and oxygen atoms in total. The monoisotopic (exact) mass is 362 g/mol. The zero-order valence-corrected chi connectivity index (χ0v) is 13.6. The van der Waals surface area contributed by atoms with Gasteiger partial charge in [0, 0.05) is 15.1 Å². The molecule has 106 valence electrons. The molecule has 0 radical (unpaired) electrons. The Labute approximate surface area is 135 Å². The summed E-state index contributed by atoms with van der Waals surface area (Å²) in [6.45, 7) is 1.96. The van der Waals surface area contributed by atoms with Gasteiger partial charge in [0.2, 0.25) is 5.88 Å². The Morgan fingerprint density at radius 3 is 2.43 bits per heavy atom.